The van der Waals surface area contributed by atoms with Crippen LogP contribution < -0.4 is 0 Å². The fourth-order valence-corrected chi connectivity index (χ4v) is 2.20. The van der Waals surface area contributed by atoms with Gasteiger partial charge in [0.1, 0.15) is 0 Å². The number of nitrogens with zero attached hydrogens (tertiary/aromatic N) is 2. The molecular weight excluding hydrogens is 176 g/mol. The van der Waals surface area contributed by atoms with Crippen molar-refractivity contribution in [2.24, 2.45) is 0 Å². The first-order valence-corrected chi connectivity index (χ1v) is 5.50. The number of aliphatic hydroxyl groups excluding tert-OH is 1. The van der Waals surface area contributed by atoms with Gasteiger partial charge in [0.15, 0.2) is 0 Å². The maximum atomic E-state index is 9.44. The van der Waals surface area contributed by atoms with Crippen LogP contribution in [-0.2, 0) is 6.54 Å². The highest BCUT2D eigenvalue weighted by Crippen LogP contribution is 2.33. The van der Waals surface area contributed by atoms with Gasteiger partial charge in [0.2, 0.25) is 0 Å². The molecule has 0 saturated heterocycles. The SMILES string of the molecule is CCCn1cc(C2CCC(O)C2)cn1. The summed E-state index contributed by atoms with van der Waals surface area (Å²) in [6.07, 6.45) is 8.09. The Morgan fingerprint density at radius 3 is 3.07 bits per heavy atom. The molecule has 0 bridgehead atoms. The van der Waals surface area contributed by atoms with Gasteiger partial charge in [-0.3, -0.25) is 4.68 Å². The molecule has 0 amide bonds. The fourth-order valence-electron chi connectivity index (χ4n) is 2.20. The molecule has 14 heavy (non-hydrogen) atoms. The average Bonchev–Trinajstić information content (AvgIpc) is 2.74. The van der Waals surface area contributed by atoms with Crippen LogP contribution in [0.2, 0.25) is 0 Å². The molecule has 1 aromatic rings. The van der Waals surface area contributed by atoms with E-state index in [1.165, 1.54) is 5.56 Å². The summed E-state index contributed by atoms with van der Waals surface area (Å²) in [6, 6.07) is 0. The van der Waals surface area contributed by atoms with Crippen molar-refractivity contribution in [1.82, 2.24) is 9.78 Å². The van der Waals surface area contributed by atoms with E-state index in [4.69, 9.17) is 0 Å². The number of rotatable bonds is 3. The minimum Gasteiger partial charge on any atom is -0.393 e. The number of aromatic nitrogens is 2. The third-order valence-corrected chi connectivity index (χ3v) is 2.98. The smallest absolute Gasteiger partial charge is 0.0546 e. The van der Waals surface area contributed by atoms with Gasteiger partial charge in [0.05, 0.1) is 12.3 Å². The van der Waals surface area contributed by atoms with Gasteiger partial charge < -0.3 is 5.11 Å². The number of aryl methyl sites for hydroxylation is 1. The number of hydrogen-bond acceptors (Lipinski definition) is 2. The largest absolute Gasteiger partial charge is 0.393 e. The van der Waals surface area contributed by atoms with Gasteiger partial charge in [-0.05, 0) is 37.2 Å². The van der Waals surface area contributed by atoms with E-state index in [0.717, 1.165) is 32.2 Å². The maximum absolute atomic E-state index is 9.44. The van der Waals surface area contributed by atoms with Gasteiger partial charge in [0, 0.05) is 12.7 Å². The minimum absolute atomic E-state index is 0.0884. The molecule has 78 valence electrons. The summed E-state index contributed by atoms with van der Waals surface area (Å²) >= 11 is 0. The predicted molar refractivity (Wildman–Crippen MR) is 55.1 cm³/mol. The molecule has 1 aliphatic carbocycles. The molecule has 2 atom stereocenters. The Labute approximate surface area is 84.7 Å². The molecule has 3 heteroatoms. The van der Waals surface area contributed by atoms with E-state index in [2.05, 4.69) is 18.2 Å². The van der Waals surface area contributed by atoms with Gasteiger partial charge in [-0.2, -0.15) is 5.10 Å². The van der Waals surface area contributed by atoms with Crippen LogP contribution in [0.15, 0.2) is 12.4 Å². The molecule has 0 radical (unpaired) electrons. The molecule has 2 unspecified atom stereocenters. The molecule has 0 aromatic carbocycles. The summed E-state index contributed by atoms with van der Waals surface area (Å²) in [5.41, 5.74) is 1.30. The van der Waals surface area contributed by atoms with E-state index in [1.54, 1.807) is 0 Å². The molecule has 2 rings (SSSR count). The van der Waals surface area contributed by atoms with Crippen LogP contribution in [0.5, 0.6) is 0 Å². The Morgan fingerprint density at radius 2 is 2.43 bits per heavy atom. The van der Waals surface area contributed by atoms with E-state index in [0.29, 0.717) is 5.92 Å². The lowest BCUT2D eigenvalue weighted by Crippen LogP contribution is -1.99. The summed E-state index contributed by atoms with van der Waals surface area (Å²) in [5.74, 6) is 0.538. The summed E-state index contributed by atoms with van der Waals surface area (Å²) in [4.78, 5) is 0. The van der Waals surface area contributed by atoms with Gasteiger partial charge >= 0.3 is 0 Å². The highest BCUT2D eigenvalue weighted by Gasteiger charge is 2.24. The monoisotopic (exact) mass is 194 g/mol. The molecule has 0 spiro atoms. The maximum Gasteiger partial charge on any atom is 0.0546 e. The zero-order valence-corrected chi connectivity index (χ0v) is 8.69. The van der Waals surface area contributed by atoms with Crippen LogP contribution in [0.1, 0.15) is 44.1 Å². The molecule has 1 N–H and O–H groups in total. The molecule has 1 aliphatic rings. The van der Waals surface area contributed by atoms with Crippen LogP contribution >= 0.6 is 0 Å². The lowest BCUT2D eigenvalue weighted by Gasteiger charge is -2.04. The van der Waals surface area contributed by atoms with Crippen molar-refractivity contribution in [3.8, 4) is 0 Å². The van der Waals surface area contributed by atoms with Gasteiger partial charge in [-0.25, -0.2) is 0 Å². The Kier molecular flexibility index (Phi) is 2.87. The third-order valence-electron chi connectivity index (χ3n) is 2.98. The molecule has 3 nitrogen and oxygen atoms in total. The average molecular weight is 194 g/mol. The van der Waals surface area contributed by atoms with Crippen LogP contribution in [0.25, 0.3) is 0 Å². The second-order valence-corrected chi connectivity index (χ2v) is 4.20. The number of hydrogen-bond donors (Lipinski definition) is 1. The van der Waals surface area contributed by atoms with E-state index >= 15 is 0 Å². The van der Waals surface area contributed by atoms with Gasteiger partial charge in [0.25, 0.3) is 0 Å². The predicted octanol–water partition coefficient (Wildman–Crippen LogP) is 1.92. The zero-order chi connectivity index (χ0) is 9.97. The first-order valence-electron chi connectivity index (χ1n) is 5.50. The fraction of sp³-hybridized carbons (Fsp3) is 0.727. The Bertz CT molecular complexity index is 295. The molecular formula is C11H18N2O. The van der Waals surface area contributed by atoms with Crippen molar-refractivity contribution in [3.63, 3.8) is 0 Å². The van der Waals surface area contributed by atoms with E-state index in [1.807, 2.05) is 10.9 Å². The van der Waals surface area contributed by atoms with Crippen LogP contribution in [0.4, 0.5) is 0 Å². The van der Waals surface area contributed by atoms with Gasteiger partial charge in [-0.1, -0.05) is 6.92 Å². The third kappa shape index (κ3) is 1.98. The first-order chi connectivity index (χ1) is 6.79. The highest BCUT2D eigenvalue weighted by molar-refractivity contribution is 5.13. The Balaban J connectivity index is 2.02. The lowest BCUT2D eigenvalue weighted by molar-refractivity contribution is 0.181. The van der Waals surface area contributed by atoms with Crippen molar-refractivity contribution < 1.29 is 5.11 Å². The second-order valence-electron chi connectivity index (χ2n) is 4.20. The normalized spacial score (nSPS) is 27.0. The van der Waals surface area contributed by atoms with Crippen molar-refractivity contribution in [3.05, 3.63) is 18.0 Å². The molecule has 1 fully saturated rings. The van der Waals surface area contributed by atoms with Crippen molar-refractivity contribution in [2.45, 2.75) is 51.2 Å². The molecule has 1 heterocycles. The Hall–Kier alpha value is -0.830. The molecule has 1 saturated carbocycles. The summed E-state index contributed by atoms with van der Waals surface area (Å²) in [5, 5.41) is 13.8. The minimum atomic E-state index is -0.0884. The first kappa shape index (κ1) is 9.71. The summed E-state index contributed by atoms with van der Waals surface area (Å²) in [6.45, 7) is 3.15. The second kappa shape index (κ2) is 4.13. The van der Waals surface area contributed by atoms with Gasteiger partial charge in [-0.15, -0.1) is 0 Å². The summed E-state index contributed by atoms with van der Waals surface area (Å²) < 4.78 is 2.00. The van der Waals surface area contributed by atoms with Crippen LogP contribution in [0.3, 0.4) is 0 Å². The van der Waals surface area contributed by atoms with E-state index < -0.39 is 0 Å². The number of aliphatic hydroxyl groups is 1. The van der Waals surface area contributed by atoms with E-state index in [9.17, 15) is 5.11 Å². The van der Waals surface area contributed by atoms with Crippen molar-refractivity contribution in [2.75, 3.05) is 0 Å². The molecule has 0 aliphatic heterocycles. The summed E-state index contributed by atoms with van der Waals surface area (Å²) in [7, 11) is 0. The van der Waals surface area contributed by atoms with Crippen molar-refractivity contribution in [1.29, 1.82) is 0 Å². The zero-order valence-electron chi connectivity index (χ0n) is 8.69. The Morgan fingerprint density at radius 1 is 1.57 bits per heavy atom. The van der Waals surface area contributed by atoms with Crippen LogP contribution in [-0.4, -0.2) is 21.0 Å². The quantitative estimate of drug-likeness (QED) is 0.798. The standard InChI is InChI=1S/C11H18N2O/c1-2-5-13-8-10(7-12-13)9-3-4-11(14)6-9/h7-9,11,14H,2-6H2,1H3. The highest BCUT2D eigenvalue weighted by atomic mass is 16.3. The van der Waals surface area contributed by atoms with Crippen molar-refractivity contribution >= 4 is 0 Å². The lowest BCUT2D eigenvalue weighted by atomic mass is 10.0. The molecule has 1 aromatic heterocycles. The van der Waals surface area contributed by atoms with E-state index in [-0.39, 0.29) is 6.10 Å². The van der Waals surface area contributed by atoms with Crippen LogP contribution in [0, 0.1) is 0 Å². The topological polar surface area (TPSA) is 38.0 Å².